The number of alkyl halides is 1. The van der Waals surface area contributed by atoms with Crippen molar-refractivity contribution in [2.45, 2.75) is 68.4 Å². The number of hydrogen-bond donors (Lipinski definition) is 6. The third-order valence-corrected chi connectivity index (χ3v) is 3.89. The topological polar surface area (TPSA) is 149 Å². The highest BCUT2D eigenvalue weighted by molar-refractivity contribution is 4.92. The number of ether oxygens (including phenoxy) is 3. The highest BCUT2D eigenvalue weighted by Gasteiger charge is 2.50. The zero-order valence-electron chi connectivity index (χ0n) is 11.8. The van der Waals surface area contributed by atoms with Gasteiger partial charge in [0.15, 0.2) is 18.8 Å². The molecule has 2 fully saturated rings. The molecule has 130 valence electrons. The summed E-state index contributed by atoms with van der Waals surface area (Å²) >= 11 is 0. The lowest BCUT2D eigenvalue weighted by molar-refractivity contribution is -0.354. The Labute approximate surface area is 125 Å². The maximum atomic E-state index is 13.8. The Hall–Kier alpha value is -0.430. The van der Waals surface area contributed by atoms with E-state index in [1.54, 1.807) is 0 Å². The highest BCUT2D eigenvalue weighted by Crippen LogP contribution is 2.29. The van der Waals surface area contributed by atoms with Crippen LogP contribution >= 0.6 is 0 Å². The van der Waals surface area contributed by atoms with Gasteiger partial charge in [-0.3, -0.25) is 0 Å². The third-order valence-electron chi connectivity index (χ3n) is 3.89. The maximum Gasteiger partial charge on any atom is 0.187 e. The second-order valence-corrected chi connectivity index (χ2v) is 5.46. The maximum absolute atomic E-state index is 13.8. The summed E-state index contributed by atoms with van der Waals surface area (Å²) in [5.41, 5.74) is 0. The zero-order chi connectivity index (χ0) is 16.6. The first kappa shape index (κ1) is 17.9. The SMILES string of the molecule is C[C@@H]1O[C@@H](O[C@@H]2[C@@H](O)[C@@H](F)[C@@H](CO)O[C@@H]2O)[C@H](O)[C@H](O)[C@H]1O. The van der Waals surface area contributed by atoms with Crippen molar-refractivity contribution in [3.63, 3.8) is 0 Å². The predicted molar refractivity (Wildman–Crippen MR) is 66.1 cm³/mol. The van der Waals surface area contributed by atoms with Gasteiger partial charge in [0.2, 0.25) is 0 Å². The quantitative estimate of drug-likeness (QED) is 0.312. The fourth-order valence-corrected chi connectivity index (χ4v) is 2.47. The molecule has 0 bridgehead atoms. The van der Waals surface area contributed by atoms with Crippen LogP contribution in [0.3, 0.4) is 0 Å². The van der Waals surface area contributed by atoms with Crippen molar-refractivity contribution in [2.75, 3.05) is 6.61 Å². The lowest BCUT2D eigenvalue weighted by Crippen LogP contribution is -2.62. The molecule has 0 saturated carbocycles. The molecule has 0 unspecified atom stereocenters. The van der Waals surface area contributed by atoms with Gasteiger partial charge in [0.05, 0.1) is 12.7 Å². The molecule has 10 heteroatoms. The molecule has 0 radical (unpaired) electrons. The number of aliphatic hydroxyl groups is 6. The number of rotatable bonds is 3. The van der Waals surface area contributed by atoms with E-state index in [1.165, 1.54) is 6.92 Å². The van der Waals surface area contributed by atoms with Crippen molar-refractivity contribution >= 4 is 0 Å². The van der Waals surface area contributed by atoms with Gasteiger partial charge in [-0.25, -0.2) is 4.39 Å². The van der Waals surface area contributed by atoms with Crippen molar-refractivity contribution in [1.82, 2.24) is 0 Å². The van der Waals surface area contributed by atoms with E-state index >= 15 is 0 Å². The van der Waals surface area contributed by atoms with Crippen molar-refractivity contribution < 1.29 is 49.2 Å². The monoisotopic (exact) mass is 328 g/mol. The van der Waals surface area contributed by atoms with Gasteiger partial charge in [0.25, 0.3) is 0 Å². The molecule has 0 aromatic carbocycles. The Morgan fingerprint density at radius 3 is 2.18 bits per heavy atom. The standard InChI is InChI=1S/C12H21FO9/c1-3-6(15)8(17)9(18)12(20-3)22-10-7(16)5(13)4(2-14)21-11(10)19/h3-12,14-19H,2H2,1H3/t3-,4+,5-,6-,7-,8+,9+,10+,11-,12-/m0/s1. The van der Waals surface area contributed by atoms with E-state index in [0.29, 0.717) is 0 Å². The van der Waals surface area contributed by atoms with E-state index in [-0.39, 0.29) is 0 Å². The van der Waals surface area contributed by atoms with Crippen molar-refractivity contribution in [1.29, 1.82) is 0 Å². The summed E-state index contributed by atoms with van der Waals surface area (Å²) in [6.07, 6.45) is -15.6. The first-order valence-electron chi connectivity index (χ1n) is 6.89. The first-order chi connectivity index (χ1) is 10.3. The molecule has 2 rings (SSSR count). The van der Waals surface area contributed by atoms with Crippen LogP contribution in [0.1, 0.15) is 6.92 Å². The lowest BCUT2D eigenvalue weighted by Gasteiger charge is -2.44. The Bertz CT molecular complexity index is 373. The summed E-state index contributed by atoms with van der Waals surface area (Å²) in [6, 6.07) is 0. The molecule has 6 N–H and O–H groups in total. The van der Waals surface area contributed by atoms with E-state index in [2.05, 4.69) is 0 Å². The molecular weight excluding hydrogens is 307 g/mol. The smallest absolute Gasteiger partial charge is 0.187 e. The minimum absolute atomic E-state index is 0.744. The first-order valence-corrected chi connectivity index (χ1v) is 6.89. The molecule has 2 heterocycles. The molecule has 0 aliphatic carbocycles. The van der Waals surface area contributed by atoms with Crippen LogP contribution in [-0.4, -0.2) is 98.7 Å². The lowest BCUT2D eigenvalue weighted by atomic mass is 9.98. The van der Waals surface area contributed by atoms with E-state index in [0.717, 1.165) is 0 Å². The number of hydrogen-bond acceptors (Lipinski definition) is 9. The fraction of sp³-hybridized carbons (Fsp3) is 1.00. The van der Waals surface area contributed by atoms with Gasteiger partial charge in [-0.05, 0) is 6.92 Å². The van der Waals surface area contributed by atoms with Crippen LogP contribution in [0, 0.1) is 0 Å². The van der Waals surface area contributed by atoms with Gasteiger partial charge in [0.1, 0.15) is 36.6 Å². The average molecular weight is 328 g/mol. The molecule has 9 nitrogen and oxygen atoms in total. The molecule has 2 saturated heterocycles. The van der Waals surface area contributed by atoms with Gasteiger partial charge in [0, 0.05) is 0 Å². The summed E-state index contributed by atoms with van der Waals surface area (Å²) in [6.45, 7) is 0.673. The summed E-state index contributed by atoms with van der Waals surface area (Å²) in [5.74, 6) is 0. The predicted octanol–water partition coefficient (Wildman–Crippen LogP) is -3.39. The molecule has 0 spiro atoms. The van der Waals surface area contributed by atoms with Gasteiger partial charge < -0.3 is 44.8 Å². The van der Waals surface area contributed by atoms with Crippen LogP contribution in [0.2, 0.25) is 0 Å². The minimum atomic E-state index is -2.02. The van der Waals surface area contributed by atoms with Crippen LogP contribution in [0.15, 0.2) is 0 Å². The van der Waals surface area contributed by atoms with Crippen LogP contribution in [0.5, 0.6) is 0 Å². The van der Waals surface area contributed by atoms with E-state index in [1.807, 2.05) is 0 Å². The van der Waals surface area contributed by atoms with Crippen LogP contribution in [0.4, 0.5) is 4.39 Å². The van der Waals surface area contributed by atoms with Crippen molar-refractivity contribution in [2.24, 2.45) is 0 Å². The van der Waals surface area contributed by atoms with Crippen molar-refractivity contribution in [3.8, 4) is 0 Å². The van der Waals surface area contributed by atoms with Crippen LogP contribution in [0.25, 0.3) is 0 Å². The molecule has 0 aromatic rings. The molecule has 0 amide bonds. The van der Waals surface area contributed by atoms with Gasteiger partial charge in [-0.1, -0.05) is 0 Å². The van der Waals surface area contributed by atoms with E-state index in [4.69, 9.17) is 19.3 Å². The highest BCUT2D eigenvalue weighted by atomic mass is 19.1. The minimum Gasteiger partial charge on any atom is -0.394 e. The Balaban J connectivity index is 2.06. The molecule has 10 atom stereocenters. The summed E-state index contributed by atoms with van der Waals surface area (Å²) in [7, 11) is 0. The second kappa shape index (κ2) is 6.99. The van der Waals surface area contributed by atoms with Crippen LogP contribution < -0.4 is 0 Å². The second-order valence-electron chi connectivity index (χ2n) is 5.46. The number of aliphatic hydroxyl groups excluding tert-OH is 6. The average Bonchev–Trinajstić information content (AvgIpc) is 2.49. The zero-order valence-corrected chi connectivity index (χ0v) is 11.8. The van der Waals surface area contributed by atoms with Gasteiger partial charge in [-0.2, -0.15) is 0 Å². The molecule has 22 heavy (non-hydrogen) atoms. The largest absolute Gasteiger partial charge is 0.394 e. The number of halogens is 1. The Kier molecular flexibility index (Phi) is 5.69. The molecule has 2 aliphatic heterocycles. The van der Waals surface area contributed by atoms with Gasteiger partial charge in [-0.15, -0.1) is 0 Å². The van der Waals surface area contributed by atoms with Crippen molar-refractivity contribution in [3.05, 3.63) is 0 Å². The molecular formula is C12H21FO9. The molecule has 0 aromatic heterocycles. The molecule has 2 aliphatic rings. The van der Waals surface area contributed by atoms with E-state index in [9.17, 15) is 29.9 Å². The third kappa shape index (κ3) is 3.25. The summed E-state index contributed by atoms with van der Waals surface area (Å²) in [5, 5.41) is 57.4. The Morgan fingerprint density at radius 1 is 0.955 bits per heavy atom. The van der Waals surface area contributed by atoms with Crippen LogP contribution in [-0.2, 0) is 14.2 Å². The normalized spacial score (nSPS) is 53.5. The van der Waals surface area contributed by atoms with E-state index < -0.39 is 68.1 Å². The van der Waals surface area contributed by atoms with Gasteiger partial charge >= 0.3 is 0 Å². The summed E-state index contributed by atoms with van der Waals surface area (Å²) in [4.78, 5) is 0. The fourth-order valence-electron chi connectivity index (χ4n) is 2.47. The summed E-state index contributed by atoms with van der Waals surface area (Å²) < 4.78 is 28.9. The Morgan fingerprint density at radius 2 is 1.59 bits per heavy atom.